The van der Waals surface area contributed by atoms with E-state index in [9.17, 15) is 0 Å². The first-order valence-electron chi connectivity index (χ1n) is 8.55. The molecule has 2 aromatic rings. The second-order valence-corrected chi connectivity index (χ2v) is 6.80. The molecule has 2 aliphatic rings. The zero-order valence-corrected chi connectivity index (χ0v) is 12.6. The highest BCUT2D eigenvalue weighted by molar-refractivity contribution is 5.83. The smallest absolute Gasteiger partial charge is 0.120 e. The molecule has 2 saturated carbocycles. The second-order valence-electron chi connectivity index (χ2n) is 6.80. The van der Waals surface area contributed by atoms with E-state index >= 15 is 0 Å². The molecule has 110 valence electrons. The highest BCUT2D eigenvalue weighted by atomic mass is 16.5. The maximum Gasteiger partial charge on any atom is 0.120 e. The summed E-state index contributed by atoms with van der Waals surface area (Å²) in [5, 5.41) is 2.58. The van der Waals surface area contributed by atoms with Gasteiger partial charge in [-0.1, -0.05) is 49.6 Å². The van der Waals surface area contributed by atoms with Gasteiger partial charge in [-0.15, -0.1) is 0 Å². The van der Waals surface area contributed by atoms with Crippen LogP contribution < -0.4 is 4.74 Å². The zero-order valence-electron chi connectivity index (χ0n) is 12.6. The molecule has 4 rings (SSSR count). The van der Waals surface area contributed by atoms with E-state index in [1.165, 1.54) is 55.7 Å². The van der Waals surface area contributed by atoms with Crippen LogP contribution in [-0.4, -0.2) is 6.10 Å². The van der Waals surface area contributed by atoms with E-state index in [1.807, 2.05) is 0 Å². The van der Waals surface area contributed by atoms with Crippen LogP contribution in [0.2, 0.25) is 0 Å². The maximum absolute atomic E-state index is 6.43. The molecule has 0 bridgehead atoms. The van der Waals surface area contributed by atoms with Gasteiger partial charge >= 0.3 is 0 Å². The van der Waals surface area contributed by atoms with Crippen LogP contribution in [-0.2, 0) is 0 Å². The molecule has 0 N–H and O–H groups in total. The fourth-order valence-corrected chi connectivity index (χ4v) is 4.44. The lowest BCUT2D eigenvalue weighted by molar-refractivity contribution is 0.0278. The summed E-state index contributed by atoms with van der Waals surface area (Å²) in [5.41, 5.74) is 0. The van der Waals surface area contributed by atoms with Gasteiger partial charge in [0.05, 0.1) is 0 Å². The SMILES string of the molecule is c1ccc2cc(OC3CCCC4CCCCC43)ccc2c1. The fraction of sp³-hybridized carbons (Fsp3) is 0.500. The Morgan fingerprint density at radius 1 is 0.762 bits per heavy atom. The van der Waals surface area contributed by atoms with E-state index in [2.05, 4.69) is 42.5 Å². The molecule has 2 fully saturated rings. The number of ether oxygens (including phenoxy) is 1. The molecule has 0 aliphatic heterocycles. The first-order chi connectivity index (χ1) is 10.4. The Morgan fingerprint density at radius 3 is 2.52 bits per heavy atom. The lowest BCUT2D eigenvalue weighted by atomic mass is 9.69. The minimum absolute atomic E-state index is 0.449. The first kappa shape index (κ1) is 13.2. The third-order valence-electron chi connectivity index (χ3n) is 5.52. The largest absolute Gasteiger partial charge is 0.490 e. The van der Waals surface area contributed by atoms with Gasteiger partial charge in [0, 0.05) is 0 Å². The van der Waals surface area contributed by atoms with Crippen LogP contribution in [0.5, 0.6) is 5.75 Å². The van der Waals surface area contributed by atoms with Gasteiger partial charge in [-0.05, 0) is 60.4 Å². The molecule has 21 heavy (non-hydrogen) atoms. The summed E-state index contributed by atoms with van der Waals surface area (Å²) in [6, 6.07) is 15.1. The molecular formula is C20H24O. The minimum Gasteiger partial charge on any atom is -0.490 e. The average molecular weight is 280 g/mol. The van der Waals surface area contributed by atoms with Crippen molar-refractivity contribution in [1.29, 1.82) is 0 Å². The molecule has 0 aromatic heterocycles. The summed E-state index contributed by atoms with van der Waals surface area (Å²) < 4.78 is 6.43. The molecule has 0 radical (unpaired) electrons. The Balaban J connectivity index is 1.55. The Morgan fingerprint density at radius 2 is 1.57 bits per heavy atom. The van der Waals surface area contributed by atoms with Gasteiger partial charge in [-0.3, -0.25) is 0 Å². The molecule has 2 aliphatic carbocycles. The molecule has 2 aromatic carbocycles. The Labute approximate surface area is 127 Å². The number of hydrogen-bond acceptors (Lipinski definition) is 1. The van der Waals surface area contributed by atoms with E-state index in [4.69, 9.17) is 4.74 Å². The van der Waals surface area contributed by atoms with Crippen molar-refractivity contribution in [2.75, 3.05) is 0 Å². The number of hydrogen-bond donors (Lipinski definition) is 0. The molecular weight excluding hydrogens is 256 g/mol. The molecule has 1 nitrogen and oxygen atoms in total. The van der Waals surface area contributed by atoms with Crippen molar-refractivity contribution in [3.05, 3.63) is 42.5 Å². The summed E-state index contributed by atoms with van der Waals surface area (Å²) in [5.74, 6) is 2.79. The molecule has 0 spiro atoms. The predicted molar refractivity (Wildman–Crippen MR) is 87.7 cm³/mol. The normalized spacial score (nSPS) is 29.0. The summed E-state index contributed by atoms with van der Waals surface area (Å²) in [4.78, 5) is 0. The first-order valence-corrected chi connectivity index (χ1v) is 8.55. The van der Waals surface area contributed by atoms with Crippen molar-refractivity contribution in [2.45, 2.75) is 51.0 Å². The Kier molecular flexibility index (Phi) is 3.58. The van der Waals surface area contributed by atoms with E-state index in [1.54, 1.807) is 0 Å². The van der Waals surface area contributed by atoms with Gasteiger partial charge in [0.2, 0.25) is 0 Å². The molecule has 3 unspecified atom stereocenters. The lowest BCUT2D eigenvalue weighted by Crippen LogP contribution is -2.38. The highest BCUT2D eigenvalue weighted by Crippen LogP contribution is 2.42. The molecule has 3 atom stereocenters. The van der Waals surface area contributed by atoms with Crippen molar-refractivity contribution in [3.63, 3.8) is 0 Å². The monoisotopic (exact) mass is 280 g/mol. The second kappa shape index (κ2) is 5.71. The summed E-state index contributed by atoms with van der Waals surface area (Å²) in [6.45, 7) is 0. The summed E-state index contributed by atoms with van der Waals surface area (Å²) in [6.07, 6.45) is 10.1. The van der Waals surface area contributed by atoms with Crippen LogP contribution in [0.1, 0.15) is 44.9 Å². The van der Waals surface area contributed by atoms with Crippen LogP contribution in [0, 0.1) is 11.8 Å². The predicted octanol–water partition coefficient (Wildman–Crippen LogP) is 5.58. The van der Waals surface area contributed by atoms with Crippen LogP contribution in [0.3, 0.4) is 0 Å². The van der Waals surface area contributed by atoms with Crippen LogP contribution >= 0.6 is 0 Å². The van der Waals surface area contributed by atoms with E-state index < -0.39 is 0 Å². The van der Waals surface area contributed by atoms with Gasteiger partial charge in [0.1, 0.15) is 11.9 Å². The number of fused-ring (bicyclic) bond motifs is 2. The Hall–Kier alpha value is -1.50. The van der Waals surface area contributed by atoms with E-state index in [0.29, 0.717) is 6.10 Å². The van der Waals surface area contributed by atoms with Crippen LogP contribution in [0.4, 0.5) is 0 Å². The highest BCUT2D eigenvalue weighted by Gasteiger charge is 2.36. The maximum atomic E-state index is 6.43. The van der Waals surface area contributed by atoms with Crippen molar-refractivity contribution < 1.29 is 4.74 Å². The van der Waals surface area contributed by atoms with Gasteiger partial charge in [0.15, 0.2) is 0 Å². The molecule has 0 heterocycles. The average Bonchev–Trinajstić information content (AvgIpc) is 2.55. The molecule has 1 heteroatoms. The topological polar surface area (TPSA) is 9.23 Å². The third kappa shape index (κ3) is 2.66. The van der Waals surface area contributed by atoms with Gasteiger partial charge in [0.25, 0.3) is 0 Å². The van der Waals surface area contributed by atoms with Gasteiger partial charge in [-0.25, -0.2) is 0 Å². The fourth-order valence-electron chi connectivity index (χ4n) is 4.44. The molecule has 0 saturated heterocycles. The number of benzene rings is 2. The standard InChI is InChI=1S/C20H24O/c1-2-8-17-14-18(13-12-15(17)6-1)21-20-11-5-9-16-7-3-4-10-19(16)20/h1-2,6,8,12-14,16,19-20H,3-5,7,9-11H2. The zero-order chi connectivity index (χ0) is 14.1. The van der Waals surface area contributed by atoms with Crippen LogP contribution in [0.25, 0.3) is 10.8 Å². The van der Waals surface area contributed by atoms with E-state index in [-0.39, 0.29) is 0 Å². The number of rotatable bonds is 2. The van der Waals surface area contributed by atoms with Gasteiger partial charge in [-0.2, -0.15) is 0 Å². The quantitative estimate of drug-likeness (QED) is 0.698. The van der Waals surface area contributed by atoms with Crippen molar-refractivity contribution in [2.24, 2.45) is 11.8 Å². The van der Waals surface area contributed by atoms with Gasteiger partial charge < -0.3 is 4.74 Å². The Bertz CT molecular complexity index is 616. The summed E-state index contributed by atoms with van der Waals surface area (Å²) in [7, 11) is 0. The van der Waals surface area contributed by atoms with Crippen molar-refractivity contribution in [1.82, 2.24) is 0 Å². The van der Waals surface area contributed by atoms with Crippen molar-refractivity contribution >= 4 is 10.8 Å². The third-order valence-corrected chi connectivity index (χ3v) is 5.52. The van der Waals surface area contributed by atoms with E-state index in [0.717, 1.165) is 17.6 Å². The minimum atomic E-state index is 0.449. The lowest BCUT2D eigenvalue weighted by Gasteiger charge is -2.41. The van der Waals surface area contributed by atoms with Crippen molar-refractivity contribution in [3.8, 4) is 5.75 Å². The van der Waals surface area contributed by atoms with Crippen LogP contribution in [0.15, 0.2) is 42.5 Å². The summed E-state index contributed by atoms with van der Waals surface area (Å²) >= 11 is 0. The molecule has 0 amide bonds.